The maximum Gasteiger partial charge on any atom is 0.253 e. The van der Waals surface area contributed by atoms with Gasteiger partial charge in [0.1, 0.15) is 0 Å². The topological polar surface area (TPSA) is 75.3 Å². The maximum atomic E-state index is 12.6. The van der Waals surface area contributed by atoms with Crippen molar-refractivity contribution in [3.8, 4) is 0 Å². The Hall–Kier alpha value is -1.11. The molecule has 0 heterocycles. The van der Waals surface area contributed by atoms with Crippen molar-refractivity contribution >= 4 is 27.5 Å². The lowest BCUT2D eigenvalue weighted by Gasteiger charge is -2.21. The quantitative estimate of drug-likeness (QED) is 0.806. The van der Waals surface area contributed by atoms with Crippen LogP contribution in [0.3, 0.4) is 0 Å². The highest BCUT2D eigenvalue weighted by atomic mass is 35.5. The number of amides is 1. The Morgan fingerprint density at radius 2 is 1.72 bits per heavy atom. The number of sulfonamides is 1. The molecule has 0 unspecified atom stereocenters. The van der Waals surface area contributed by atoms with E-state index in [1.165, 1.54) is 37.5 Å². The zero-order chi connectivity index (χ0) is 18.4. The third kappa shape index (κ3) is 5.97. The zero-order valence-corrected chi connectivity index (χ0v) is 16.4. The van der Waals surface area contributed by atoms with Crippen molar-refractivity contribution < 1.29 is 13.2 Å². The van der Waals surface area contributed by atoms with Gasteiger partial charge >= 0.3 is 0 Å². The van der Waals surface area contributed by atoms with Crippen molar-refractivity contribution in [1.82, 2.24) is 10.0 Å². The van der Waals surface area contributed by atoms with Crippen LogP contribution < -0.4 is 10.0 Å². The van der Waals surface area contributed by atoms with Crippen LogP contribution >= 0.6 is 11.6 Å². The molecule has 0 aliphatic heterocycles. The minimum Gasteiger partial charge on any atom is -0.349 e. The molecule has 1 aromatic rings. The second kappa shape index (κ2) is 9.01. The Morgan fingerprint density at radius 1 is 1.12 bits per heavy atom. The third-order valence-corrected chi connectivity index (χ3v) is 6.31. The normalized spacial score (nSPS) is 17.1. The van der Waals surface area contributed by atoms with Gasteiger partial charge in [-0.25, -0.2) is 13.1 Å². The number of halogens is 1. The predicted octanol–water partition coefficient (Wildman–Crippen LogP) is 3.87. The minimum absolute atomic E-state index is 0.0495. The van der Waals surface area contributed by atoms with E-state index in [9.17, 15) is 13.2 Å². The summed E-state index contributed by atoms with van der Waals surface area (Å²) in [6, 6.07) is 4.12. The molecule has 2 N–H and O–H groups in total. The van der Waals surface area contributed by atoms with E-state index in [1.807, 2.05) is 0 Å². The Kier molecular flexibility index (Phi) is 7.28. The molecule has 2 rings (SSSR count). The first-order valence-electron chi connectivity index (χ1n) is 8.92. The van der Waals surface area contributed by atoms with E-state index in [0.29, 0.717) is 0 Å². The van der Waals surface area contributed by atoms with Crippen LogP contribution in [0.2, 0.25) is 5.02 Å². The molecule has 25 heavy (non-hydrogen) atoms. The lowest BCUT2D eigenvalue weighted by Crippen LogP contribution is -2.35. The molecule has 1 aliphatic rings. The van der Waals surface area contributed by atoms with Gasteiger partial charge in [0.15, 0.2) is 0 Å². The Balaban J connectivity index is 2.17. The van der Waals surface area contributed by atoms with Gasteiger partial charge in [-0.1, -0.05) is 43.7 Å². The number of carbonyl (C=O) groups excluding carboxylic acids is 1. The summed E-state index contributed by atoms with van der Waals surface area (Å²) in [5.41, 5.74) is 0.204. The molecule has 0 atom stereocenters. The van der Waals surface area contributed by atoms with Crippen LogP contribution in [0.1, 0.15) is 69.2 Å². The summed E-state index contributed by atoms with van der Waals surface area (Å²) >= 11 is 6.15. The standard InChI is InChI=1S/C18H27ClN2O3S/c1-13(2)21-25(23,24)15-10-11-17(19)16(12-15)18(22)20-14-8-6-4-3-5-7-9-14/h10-14,21H,3-9H2,1-2H3,(H,20,22). The minimum atomic E-state index is -3.66. The van der Waals surface area contributed by atoms with Crippen molar-refractivity contribution in [2.45, 2.75) is 75.8 Å². The highest BCUT2D eigenvalue weighted by Crippen LogP contribution is 2.22. The van der Waals surface area contributed by atoms with Gasteiger partial charge in [0.2, 0.25) is 10.0 Å². The van der Waals surface area contributed by atoms with Gasteiger partial charge in [-0.05, 0) is 44.9 Å². The highest BCUT2D eigenvalue weighted by molar-refractivity contribution is 7.89. The summed E-state index contributed by atoms with van der Waals surface area (Å²) in [5, 5.41) is 3.28. The van der Waals surface area contributed by atoms with Crippen LogP contribution in [0.15, 0.2) is 23.1 Å². The lowest BCUT2D eigenvalue weighted by atomic mass is 9.96. The van der Waals surface area contributed by atoms with Gasteiger partial charge in [0, 0.05) is 12.1 Å². The summed E-state index contributed by atoms with van der Waals surface area (Å²) in [6.07, 6.45) is 7.77. The lowest BCUT2D eigenvalue weighted by molar-refractivity contribution is 0.0930. The summed E-state index contributed by atoms with van der Waals surface area (Å²) in [7, 11) is -3.66. The fourth-order valence-electron chi connectivity index (χ4n) is 3.09. The van der Waals surface area contributed by atoms with Gasteiger partial charge < -0.3 is 5.32 Å². The van der Waals surface area contributed by atoms with E-state index in [4.69, 9.17) is 11.6 Å². The second-order valence-corrected chi connectivity index (χ2v) is 9.05. The van der Waals surface area contributed by atoms with Crippen molar-refractivity contribution in [2.24, 2.45) is 0 Å². The van der Waals surface area contributed by atoms with Crippen LogP contribution in [0.25, 0.3) is 0 Å². The average Bonchev–Trinajstić information content (AvgIpc) is 2.48. The molecule has 0 spiro atoms. The molecule has 140 valence electrons. The first-order chi connectivity index (χ1) is 11.8. The highest BCUT2D eigenvalue weighted by Gasteiger charge is 2.21. The van der Waals surface area contributed by atoms with Gasteiger partial charge in [-0.3, -0.25) is 4.79 Å². The van der Waals surface area contributed by atoms with E-state index < -0.39 is 10.0 Å². The van der Waals surface area contributed by atoms with E-state index in [1.54, 1.807) is 13.8 Å². The van der Waals surface area contributed by atoms with E-state index in [-0.39, 0.29) is 33.5 Å². The molecule has 0 saturated heterocycles. The number of rotatable bonds is 5. The van der Waals surface area contributed by atoms with Crippen LogP contribution in [0.5, 0.6) is 0 Å². The molecule has 1 amide bonds. The first-order valence-corrected chi connectivity index (χ1v) is 10.8. The smallest absolute Gasteiger partial charge is 0.253 e. The van der Waals surface area contributed by atoms with Gasteiger partial charge in [-0.15, -0.1) is 0 Å². The van der Waals surface area contributed by atoms with Crippen LogP contribution in [-0.2, 0) is 10.0 Å². The van der Waals surface area contributed by atoms with Crippen LogP contribution in [0.4, 0.5) is 0 Å². The largest absolute Gasteiger partial charge is 0.349 e. The summed E-state index contributed by atoms with van der Waals surface area (Å²) in [5.74, 6) is -0.308. The fraction of sp³-hybridized carbons (Fsp3) is 0.611. The Labute approximate surface area is 155 Å². The van der Waals surface area contributed by atoms with Crippen LogP contribution in [0, 0.1) is 0 Å². The molecule has 7 heteroatoms. The average molecular weight is 387 g/mol. The molecular formula is C18H27ClN2O3S. The number of nitrogens with one attached hydrogen (secondary N) is 2. The summed E-state index contributed by atoms with van der Waals surface area (Å²) in [4.78, 5) is 12.7. The summed E-state index contributed by atoms with van der Waals surface area (Å²) < 4.78 is 27.1. The second-order valence-electron chi connectivity index (χ2n) is 6.93. The van der Waals surface area contributed by atoms with E-state index >= 15 is 0 Å². The zero-order valence-electron chi connectivity index (χ0n) is 14.8. The molecule has 0 bridgehead atoms. The maximum absolute atomic E-state index is 12.6. The number of carbonyl (C=O) groups is 1. The number of hydrogen-bond acceptors (Lipinski definition) is 3. The van der Waals surface area contributed by atoms with E-state index in [0.717, 1.165) is 25.7 Å². The SMILES string of the molecule is CC(C)NS(=O)(=O)c1ccc(Cl)c(C(=O)NC2CCCCCCC2)c1. The fourth-order valence-corrected chi connectivity index (χ4v) is 4.57. The molecule has 1 saturated carbocycles. The summed E-state index contributed by atoms with van der Waals surface area (Å²) in [6.45, 7) is 3.49. The first kappa shape index (κ1) is 20.2. The molecule has 0 aromatic heterocycles. The molecule has 1 aromatic carbocycles. The van der Waals surface area contributed by atoms with Gasteiger partial charge in [0.05, 0.1) is 15.5 Å². The Morgan fingerprint density at radius 3 is 2.32 bits per heavy atom. The predicted molar refractivity (Wildman–Crippen MR) is 100 cm³/mol. The number of hydrogen-bond donors (Lipinski definition) is 2. The third-order valence-electron chi connectivity index (χ3n) is 4.32. The van der Waals surface area contributed by atoms with Crippen molar-refractivity contribution in [1.29, 1.82) is 0 Å². The van der Waals surface area contributed by atoms with Gasteiger partial charge in [-0.2, -0.15) is 0 Å². The molecule has 1 aliphatic carbocycles. The van der Waals surface area contributed by atoms with Crippen molar-refractivity contribution in [3.05, 3.63) is 28.8 Å². The van der Waals surface area contributed by atoms with E-state index in [2.05, 4.69) is 10.0 Å². The molecule has 0 radical (unpaired) electrons. The Bertz CT molecular complexity index is 696. The monoisotopic (exact) mass is 386 g/mol. The molecule has 5 nitrogen and oxygen atoms in total. The van der Waals surface area contributed by atoms with Crippen molar-refractivity contribution in [3.63, 3.8) is 0 Å². The molecule has 1 fully saturated rings. The molecular weight excluding hydrogens is 360 g/mol. The van der Waals surface area contributed by atoms with Gasteiger partial charge in [0.25, 0.3) is 5.91 Å². The van der Waals surface area contributed by atoms with Crippen LogP contribution in [-0.4, -0.2) is 26.4 Å². The van der Waals surface area contributed by atoms with Crippen molar-refractivity contribution in [2.75, 3.05) is 0 Å². The number of benzene rings is 1.